The van der Waals surface area contributed by atoms with Crippen LogP contribution in [-0.2, 0) is 0 Å². The van der Waals surface area contributed by atoms with E-state index >= 15 is 0 Å². The molecule has 0 amide bonds. The standard InChI is InChI=1S/C23H18O2Se/c1-15-8-11-18(12-9-15)26-22-19-13-10-16(2)14-20(19)23(24)25-21(22)17-6-4-3-5-7-17/h3-14H,1-2H3. The topological polar surface area (TPSA) is 30.2 Å². The molecule has 3 heteroatoms. The Bertz CT molecular complexity index is 1130. The molecule has 0 saturated carbocycles. The Morgan fingerprint density at radius 1 is 0.769 bits per heavy atom. The monoisotopic (exact) mass is 406 g/mol. The molecule has 0 aliphatic rings. The van der Waals surface area contributed by atoms with Crippen molar-refractivity contribution in [3.63, 3.8) is 0 Å². The molecule has 0 aliphatic carbocycles. The summed E-state index contributed by atoms with van der Waals surface area (Å²) in [6.45, 7) is 4.08. The van der Waals surface area contributed by atoms with Crippen molar-refractivity contribution in [1.82, 2.24) is 0 Å². The first-order valence-corrected chi connectivity index (χ1v) is 10.2. The summed E-state index contributed by atoms with van der Waals surface area (Å²) in [6, 6.07) is 24.5. The summed E-state index contributed by atoms with van der Waals surface area (Å²) in [5.41, 5.74) is 2.97. The molecule has 0 bridgehead atoms. The summed E-state index contributed by atoms with van der Waals surface area (Å²) in [6.07, 6.45) is 0. The first-order valence-electron chi connectivity index (χ1n) is 8.49. The molecule has 0 fully saturated rings. The maximum absolute atomic E-state index is 12.6. The summed E-state index contributed by atoms with van der Waals surface area (Å²) in [7, 11) is 0. The molecule has 0 spiro atoms. The van der Waals surface area contributed by atoms with E-state index in [4.69, 9.17) is 4.42 Å². The minimum absolute atomic E-state index is 0.0313. The van der Waals surface area contributed by atoms with E-state index in [-0.39, 0.29) is 20.6 Å². The van der Waals surface area contributed by atoms with Crippen LogP contribution >= 0.6 is 0 Å². The average Bonchev–Trinajstić information content (AvgIpc) is 2.66. The molecule has 0 aliphatic heterocycles. The summed E-state index contributed by atoms with van der Waals surface area (Å²) in [4.78, 5) is 12.6. The number of aryl methyl sites for hydroxylation is 2. The third-order valence-corrected chi connectivity index (χ3v) is 6.66. The van der Waals surface area contributed by atoms with Crippen molar-refractivity contribution < 1.29 is 4.42 Å². The van der Waals surface area contributed by atoms with Gasteiger partial charge in [-0.3, -0.25) is 0 Å². The molecule has 0 radical (unpaired) electrons. The molecule has 0 saturated heterocycles. The summed E-state index contributed by atoms with van der Waals surface area (Å²) in [5.74, 6) is 0.688. The van der Waals surface area contributed by atoms with E-state index in [1.807, 2.05) is 43.3 Å². The van der Waals surface area contributed by atoms with Crippen LogP contribution in [0.15, 0.2) is 82.0 Å². The van der Waals surface area contributed by atoms with Crippen LogP contribution in [0.2, 0.25) is 0 Å². The van der Waals surface area contributed by atoms with Gasteiger partial charge in [0.1, 0.15) is 0 Å². The van der Waals surface area contributed by atoms with Gasteiger partial charge in [0.2, 0.25) is 0 Å². The minimum atomic E-state index is -0.272. The van der Waals surface area contributed by atoms with Crippen LogP contribution < -0.4 is 14.5 Å². The molecule has 3 aromatic carbocycles. The SMILES string of the molecule is Cc1ccc([Se]c2c(-c3ccccc3)oc(=O)c3cc(C)ccc23)cc1. The Labute approximate surface area is 158 Å². The van der Waals surface area contributed by atoms with Gasteiger partial charge in [0.05, 0.1) is 0 Å². The predicted molar refractivity (Wildman–Crippen MR) is 109 cm³/mol. The van der Waals surface area contributed by atoms with Gasteiger partial charge in [-0.05, 0) is 0 Å². The van der Waals surface area contributed by atoms with Crippen molar-refractivity contribution in [2.75, 3.05) is 0 Å². The second kappa shape index (κ2) is 6.95. The van der Waals surface area contributed by atoms with Crippen molar-refractivity contribution in [3.05, 3.63) is 94.3 Å². The van der Waals surface area contributed by atoms with E-state index < -0.39 is 0 Å². The molecular weight excluding hydrogens is 387 g/mol. The quantitative estimate of drug-likeness (QED) is 0.487. The first kappa shape index (κ1) is 16.8. The van der Waals surface area contributed by atoms with Gasteiger partial charge in [-0.1, -0.05) is 0 Å². The first-order chi connectivity index (χ1) is 12.6. The van der Waals surface area contributed by atoms with Crippen LogP contribution in [0.25, 0.3) is 22.1 Å². The number of fused-ring (bicyclic) bond motifs is 1. The molecule has 2 nitrogen and oxygen atoms in total. The Hall–Kier alpha value is -2.61. The zero-order valence-electron chi connectivity index (χ0n) is 14.7. The Balaban J connectivity index is 1.99. The molecule has 4 aromatic rings. The van der Waals surface area contributed by atoms with Gasteiger partial charge in [0.15, 0.2) is 0 Å². The van der Waals surface area contributed by atoms with Crippen LogP contribution in [0.4, 0.5) is 0 Å². The molecule has 26 heavy (non-hydrogen) atoms. The number of rotatable bonds is 3. The normalized spacial score (nSPS) is 11.0. The fraction of sp³-hybridized carbons (Fsp3) is 0.0870. The third-order valence-electron chi connectivity index (χ3n) is 4.32. The average molecular weight is 405 g/mol. The van der Waals surface area contributed by atoms with Gasteiger partial charge in [0, 0.05) is 0 Å². The fourth-order valence-corrected chi connectivity index (χ4v) is 5.15. The van der Waals surface area contributed by atoms with Gasteiger partial charge in [0.25, 0.3) is 0 Å². The molecule has 4 rings (SSSR count). The van der Waals surface area contributed by atoms with Crippen LogP contribution in [0.1, 0.15) is 11.1 Å². The molecule has 0 atom stereocenters. The van der Waals surface area contributed by atoms with Crippen LogP contribution in [0, 0.1) is 13.8 Å². The van der Waals surface area contributed by atoms with Crippen LogP contribution in [0.3, 0.4) is 0 Å². The Kier molecular flexibility index (Phi) is 4.50. The van der Waals surface area contributed by atoms with Crippen LogP contribution in [0.5, 0.6) is 0 Å². The summed E-state index contributed by atoms with van der Waals surface area (Å²) >= 11 is 0.0313. The van der Waals surface area contributed by atoms with Crippen molar-refractivity contribution in [2.45, 2.75) is 13.8 Å². The molecule has 1 aromatic heterocycles. The summed E-state index contributed by atoms with van der Waals surface area (Å²) < 4.78 is 8.19. The Morgan fingerprint density at radius 3 is 2.19 bits per heavy atom. The van der Waals surface area contributed by atoms with Gasteiger partial charge >= 0.3 is 159 Å². The third kappa shape index (κ3) is 3.24. The van der Waals surface area contributed by atoms with Gasteiger partial charge < -0.3 is 0 Å². The number of hydrogen-bond donors (Lipinski definition) is 0. The number of benzene rings is 3. The molecule has 128 valence electrons. The Morgan fingerprint density at radius 2 is 1.46 bits per heavy atom. The summed E-state index contributed by atoms with van der Waals surface area (Å²) in [5, 5.41) is 1.65. The molecule has 0 unspecified atom stereocenters. The number of hydrogen-bond acceptors (Lipinski definition) is 2. The van der Waals surface area contributed by atoms with E-state index in [9.17, 15) is 4.79 Å². The zero-order valence-corrected chi connectivity index (χ0v) is 16.4. The van der Waals surface area contributed by atoms with Gasteiger partial charge in [-0.25, -0.2) is 0 Å². The van der Waals surface area contributed by atoms with E-state index in [2.05, 4.69) is 43.3 Å². The van der Waals surface area contributed by atoms with E-state index in [1.165, 1.54) is 10.0 Å². The van der Waals surface area contributed by atoms with Crippen molar-refractivity contribution in [1.29, 1.82) is 0 Å². The molecule has 1 heterocycles. The van der Waals surface area contributed by atoms with Crippen molar-refractivity contribution in [3.8, 4) is 11.3 Å². The van der Waals surface area contributed by atoms with Crippen molar-refractivity contribution >= 4 is 34.7 Å². The van der Waals surface area contributed by atoms with Gasteiger partial charge in [-0.2, -0.15) is 0 Å². The maximum atomic E-state index is 12.6. The van der Waals surface area contributed by atoms with Crippen molar-refractivity contribution in [2.24, 2.45) is 0 Å². The second-order valence-corrected chi connectivity index (χ2v) is 8.65. The van der Waals surface area contributed by atoms with E-state index in [0.29, 0.717) is 11.1 Å². The predicted octanol–water partition coefficient (Wildman–Crippen LogP) is 3.73. The van der Waals surface area contributed by atoms with Crippen LogP contribution in [-0.4, -0.2) is 15.0 Å². The van der Waals surface area contributed by atoms with E-state index in [1.54, 1.807) is 0 Å². The second-order valence-electron chi connectivity index (χ2n) is 6.38. The molecular formula is C23H18O2Se. The zero-order chi connectivity index (χ0) is 18.1. The fourth-order valence-electron chi connectivity index (χ4n) is 2.95. The molecule has 0 N–H and O–H groups in total. The van der Waals surface area contributed by atoms with E-state index in [0.717, 1.165) is 21.0 Å². The van der Waals surface area contributed by atoms with Gasteiger partial charge in [-0.15, -0.1) is 0 Å².